The second-order valence-electron chi connectivity index (χ2n) is 6.58. The summed E-state index contributed by atoms with van der Waals surface area (Å²) in [5, 5.41) is 3.83. The van der Waals surface area contributed by atoms with E-state index in [0.29, 0.717) is 12.1 Å². The maximum atomic E-state index is 6.13. The summed E-state index contributed by atoms with van der Waals surface area (Å²) in [6, 6.07) is 9.60. The average Bonchev–Trinajstić information content (AvgIpc) is 2.48. The van der Waals surface area contributed by atoms with E-state index < -0.39 is 0 Å². The summed E-state index contributed by atoms with van der Waals surface area (Å²) >= 11 is 0. The molecule has 1 aromatic rings. The monoisotopic (exact) mass is 289 g/mol. The molecule has 0 aromatic heterocycles. The quantitative estimate of drug-likeness (QED) is 0.925. The summed E-state index contributed by atoms with van der Waals surface area (Å²) in [6.07, 6.45) is 4.32. The van der Waals surface area contributed by atoms with Crippen LogP contribution >= 0.6 is 0 Å². The van der Waals surface area contributed by atoms with Gasteiger partial charge in [0.05, 0.1) is 5.60 Å². The van der Waals surface area contributed by atoms with Crippen molar-refractivity contribution in [3.05, 3.63) is 35.4 Å². The smallest absolute Gasteiger partial charge is 0.0741 e. The third-order valence-corrected chi connectivity index (χ3v) is 5.04. The van der Waals surface area contributed by atoms with Crippen LogP contribution in [0.1, 0.15) is 49.8 Å². The van der Waals surface area contributed by atoms with Crippen molar-refractivity contribution in [2.45, 2.75) is 57.2 Å². The molecule has 1 N–H and O–H groups in total. The van der Waals surface area contributed by atoms with E-state index in [0.717, 1.165) is 45.5 Å². The Morgan fingerprint density at radius 1 is 1.19 bits per heavy atom. The number of hydrogen-bond acceptors (Lipinski definition) is 3. The first-order valence-electron chi connectivity index (χ1n) is 8.22. The molecule has 2 saturated heterocycles. The van der Waals surface area contributed by atoms with Gasteiger partial charge in [-0.25, -0.2) is 0 Å². The van der Waals surface area contributed by atoms with Gasteiger partial charge >= 0.3 is 0 Å². The molecule has 21 heavy (non-hydrogen) atoms. The standard InChI is InChI=1S/C18H27NO2/c1-14-5-3-4-6-17(14)15(2)19-16-7-10-21-18(13-16)8-11-20-12-9-18/h3-6,15-16,19H,7-13H2,1-2H3/t15-,16?/m1/s1. The highest BCUT2D eigenvalue weighted by molar-refractivity contribution is 5.28. The zero-order valence-electron chi connectivity index (χ0n) is 13.2. The molecule has 2 fully saturated rings. The molecule has 0 amide bonds. The van der Waals surface area contributed by atoms with Crippen LogP contribution in [0, 0.1) is 6.92 Å². The number of ether oxygens (including phenoxy) is 2. The zero-order valence-corrected chi connectivity index (χ0v) is 13.2. The molecule has 3 heteroatoms. The Balaban J connectivity index is 1.63. The van der Waals surface area contributed by atoms with Crippen LogP contribution in [0.25, 0.3) is 0 Å². The normalized spacial score (nSPS) is 26.7. The number of aryl methyl sites for hydroxylation is 1. The summed E-state index contributed by atoms with van der Waals surface area (Å²) in [5.74, 6) is 0. The minimum absolute atomic E-state index is 0.0691. The van der Waals surface area contributed by atoms with Crippen LogP contribution in [0.15, 0.2) is 24.3 Å². The Morgan fingerprint density at radius 2 is 1.95 bits per heavy atom. The predicted molar refractivity (Wildman–Crippen MR) is 84.5 cm³/mol. The van der Waals surface area contributed by atoms with E-state index in [1.165, 1.54) is 11.1 Å². The zero-order chi connectivity index (χ0) is 14.7. The molecule has 0 saturated carbocycles. The first kappa shape index (κ1) is 15.0. The number of nitrogens with one attached hydrogen (secondary N) is 1. The molecular weight excluding hydrogens is 262 g/mol. The van der Waals surface area contributed by atoms with Gasteiger partial charge in [0.15, 0.2) is 0 Å². The molecule has 1 spiro atoms. The molecule has 2 aliphatic heterocycles. The van der Waals surface area contributed by atoms with Crippen LogP contribution in [-0.4, -0.2) is 31.5 Å². The maximum Gasteiger partial charge on any atom is 0.0741 e. The van der Waals surface area contributed by atoms with Gasteiger partial charge in [-0.15, -0.1) is 0 Å². The number of benzene rings is 1. The molecule has 2 aliphatic rings. The van der Waals surface area contributed by atoms with E-state index >= 15 is 0 Å². The Labute approximate surface area is 128 Å². The lowest BCUT2D eigenvalue weighted by Gasteiger charge is -2.44. The van der Waals surface area contributed by atoms with Crippen molar-refractivity contribution < 1.29 is 9.47 Å². The molecule has 0 aliphatic carbocycles. The Hall–Kier alpha value is -0.900. The van der Waals surface area contributed by atoms with Crippen molar-refractivity contribution in [3.8, 4) is 0 Å². The topological polar surface area (TPSA) is 30.5 Å². The van der Waals surface area contributed by atoms with Crippen molar-refractivity contribution in [1.29, 1.82) is 0 Å². The summed E-state index contributed by atoms with van der Waals surface area (Å²) in [4.78, 5) is 0. The van der Waals surface area contributed by atoms with Crippen LogP contribution in [0.3, 0.4) is 0 Å². The van der Waals surface area contributed by atoms with E-state index in [1.807, 2.05) is 0 Å². The lowest BCUT2D eigenvalue weighted by Crippen LogP contribution is -2.50. The first-order valence-corrected chi connectivity index (χ1v) is 8.22. The van der Waals surface area contributed by atoms with Gasteiger partial charge in [-0.3, -0.25) is 0 Å². The Morgan fingerprint density at radius 3 is 2.71 bits per heavy atom. The Bertz CT molecular complexity index is 463. The molecular formula is C18H27NO2. The van der Waals surface area contributed by atoms with Gasteiger partial charge < -0.3 is 14.8 Å². The highest BCUT2D eigenvalue weighted by Crippen LogP contribution is 2.35. The fourth-order valence-corrected chi connectivity index (χ4v) is 3.78. The third-order valence-electron chi connectivity index (χ3n) is 5.04. The van der Waals surface area contributed by atoms with Gasteiger partial charge in [-0.2, -0.15) is 0 Å². The van der Waals surface area contributed by atoms with Crippen molar-refractivity contribution >= 4 is 0 Å². The molecule has 116 valence electrons. The summed E-state index contributed by atoms with van der Waals surface area (Å²) in [6.45, 7) is 7.03. The lowest BCUT2D eigenvalue weighted by atomic mass is 9.83. The fraction of sp³-hybridized carbons (Fsp3) is 0.667. The second-order valence-corrected chi connectivity index (χ2v) is 6.58. The van der Waals surface area contributed by atoms with Gasteiger partial charge in [0.2, 0.25) is 0 Å². The number of hydrogen-bond donors (Lipinski definition) is 1. The summed E-state index contributed by atoms with van der Waals surface area (Å²) in [5.41, 5.74) is 2.84. The van der Waals surface area contributed by atoms with Crippen LogP contribution in [0.4, 0.5) is 0 Å². The Kier molecular flexibility index (Phi) is 4.63. The van der Waals surface area contributed by atoms with E-state index in [-0.39, 0.29) is 5.60 Å². The molecule has 1 unspecified atom stereocenters. The number of rotatable bonds is 3. The third kappa shape index (κ3) is 3.47. The van der Waals surface area contributed by atoms with Gasteiger partial charge in [0, 0.05) is 31.9 Å². The molecule has 3 rings (SSSR count). The minimum Gasteiger partial charge on any atom is -0.381 e. The van der Waals surface area contributed by atoms with Crippen molar-refractivity contribution in [2.75, 3.05) is 19.8 Å². The van der Waals surface area contributed by atoms with Crippen molar-refractivity contribution in [3.63, 3.8) is 0 Å². The van der Waals surface area contributed by atoms with Gasteiger partial charge in [-0.05, 0) is 50.7 Å². The lowest BCUT2D eigenvalue weighted by molar-refractivity contribution is -0.140. The van der Waals surface area contributed by atoms with E-state index in [4.69, 9.17) is 9.47 Å². The van der Waals surface area contributed by atoms with Crippen LogP contribution in [0.2, 0.25) is 0 Å². The van der Waals surface area contributed by atoms with E-state index in [2.05, 4.69) is 43.4 Å². The van der Waals surface area contributed by atoms with Crippen LogP contribution < -0.4 is 5.32 Å². The van der Waals surface area contributed by atoms with Gasteiger partial charge in [0.25, 0.3) is 0 Å². The molecule has 3 nitrogen and oxygen atoms in total. The maximum absolute atomic E-state index is 6.13. The van der Waals surface area contributed by atoms with Gasteiger partial charge in [-0.1, -0.05) is 24.3 Å². The molecule has 0 radical (unpaired) electrons. The SMILES string of the molecule is Cc1ccccc1[C@@H](C)NC1CCOC2(CCOCC2)C1. The fourth-order valence-electron chi connectivity index (χ4n) is 3.78. The van der Waals surface area contributed by atoms with Gasteiger partial charge in [0.1, 0.15) is 0 Å². The van der Waals surface area contributed by atoms with E-state index in [1.54, 1.807) is 0 Å². The minimum atomic E-state index is 0.0691. The molecule has 2 heterocycles. The van der Waals surface area contributed by atoms with Crippen LogP contribution in [-0.2, 0) is 9.47 Å². The summed E-state index contributed by atoms with van der Waals surface area (Å²) < 4.78 is 11.6. The van der Waals surface area contributed by atoms with E-state index in [9.17, 15) is 0 Å². The van der Waals surface area contributed by atoms with Crippen molar-refractivity contribution in [1.82, 2.24) is 5.32 Å². The summed E-state index contributed by atoms with van der Waals surface area (Å²) in [7, 11) is 0. The first-order chi connectivity index (χ1) is 10.2. The largest absolute Gasteiger partial charge is 0.381 e. The molecule has 2 atom stereocenters. The predicted octanol–water partition coefficient (Wildman–Crippen LogP) is 3.37. The average molecular weight is 289 g/mol. The molecule has 0 bridgehead atoms. The van der Waals surface area contributed by atoms with Crippen molar-refractivity contribution in [2.24, 2.45) is 0 Å². The highest BCUT2D eigenvalue weighted by Gasteiger charge is 2.39. The highest BCUT2D eigenvalue weighted by atomic mass is 16.5. The van der Waals surface area contributed by atoms with Crippen LogP contribution in [0.5, 0.6) is 0 Å². The second kappa shape index (κ2) is 6.47. The molecule has 1 aromatic carbocycles.